The van der Waals surface area contributed by atoms with E-state index < -0.39 is 0 Å². The molecule has 0 radical (unpaired) electrons. The molecule has 0 aliphatic heterocycles. The van der Waals surface area contributed by atoms with Gasteiger partial charge in [0.2, 0.25) is 0 Å². The van der Waals surface area contributed by atoms with Crippen LogP contribution in [0.25, 0.3) is 0 Å². The number of aryl methyl sites for hydroxylation is 1. The molecular weight excluding hydrogens is 226 g/mol. The third-order valence-corrected chi connectivity index (χ3v) is 5.01. The standard InChI is InChI=1S/C15H23NS/c1-11-5-4-6-12(9-11)17-14-10-15(2,3)8-7-13(14)16/h4-6,9,13-14H,7-8,10,16H2,1-3H3. The summed E-state index contributed by atoms with van der Waals surface area (Å²) in [4.78, 5) is 1.36. The predicted molar refractivity (Wildman–Crippen MR) is 76.4 cm³/mol. The average molecular weight is 249 g/mol. The zero-order valence-corrected chi connectivity index (χ0v) is 11.9. The van der Waals surface area contributed by atoms with Gasteiger partial charge in [0.25, 0.3) is 0 Å². The average Bonchev–Trinajstić information content (AvgIpc) is 2.23. The van der Waals surface area contributed by atoms with Gasteiger partial charge in [0.1, 0.15) is 0 Å². The van der Waals surface area contributed by atoms with Crippen molar-refractivity contribution in [3.63, 3.8) is 0 Å². The molecule has 1 saturated carbocycles. The molecule has 0 amide bonds. The lowest BCUT2D eigenvalue weighted by Crippen LogP contribution is -2.41. The van der Waals surface area contributed by atoms with Gasteiger partial charge in [-0.05, 0) is 43.7 Å². The molecule has 2 N–H and O–H groups in total. The first kappa shape index (κ1) is 13.0. The lowest BCUT2D eigenvalue weighted by atomic mass is 9.75. The van der Waals surface area contributed by atoms with Crippen LogP contribution in [-0.4, -0.2) is 11.3 Å². The topological polar surface area (TPSA) is 26.0 Å². The third-order valence-electron chi connectivity index (χ3n) is 3.66. The molecule has 2 heteroatoms. The van der Waals surface area contributed by atoms with E-state index in [1.807, 2.05) is 11.8 Å². The summed E-state index contributed by atoms with van der Waals surface area (Å²) in [6, 6.07) is 9.10. The lowest BCUT2D eigenvalue weighted by molar-refractivity contribution is 0.232. The van der Waals surface area contributed by atoms with E-state index in [1.54, 1.807) is 0 Å². The smallest absolute Gasteiger partial charge is 0.0251 e. The minimum Gasteiger partial charge on any atom is -0.327 e. The van der Waals surface area contributed by atoms with E-state index in [9.17, 15) is 0 Å². The van der Waals surface area contributed by atoms with Crippen molar-refractivity contribution in [1.82, 2.24) is 0 Å². The quantitative estimate of drug-likeness (QED) is 0.857. The van der Waals surface area contributed by atoms with E-state index in [4.69, 9.17) is 5.73 Å². The summed E-state index contributed by atoms with van der Waals surface area (Å²) in [6.45, 7) is 6.88. The van der Waals surface area contributed by atoms with Crippen LogP contribution in [0.15, 0.2) is 29.2 Å². The van der Waals surface area contributed by atoms with E-state index in [0.717, 1.165) is 6.42 Å². The highest BCUT2D eigenvalue weighted by Crippen LogP contribution is 2.42. The van der Waals surface area contributed by atoms with Crippen molar-refractivity contribution in [1.29, 1.82) is 0 Å². The van der Waals surface area contributed by atoms with Crippen LogP contribution >= 0.6 is 11.8 Å². The Hall–Kier alpha value is -0.470. The Morgan fingerprint density at radius 3 is 2.82 bits per heavy atom. The van der Waals surface area contributed by atoms with Crippen LogP contribution in [0, 0.1) is 12.3 Å². The molecule has 0 aromatic heterocycles. The van der Waals surface area contributed by atoms with Crippen LogP contribution in [0.4, 0.5) is 0 Å². The maximum absolute atomic E-state index is 6.27. The first-order valence-electron chi connectivity index (χ1n) is 6.45. The van der Waals surface area contributed by atoms with Crippen LogP contribution in [0.2, 0.25) is 0 Å². The van der Waals surface area contributed by atoms with Gasteiger partial charge in [-0.1, -0.05) is 31.5 Å². The summed E-state index contributed by atoms with van der Waals surface area (Å²) in [5, 5.41) is 0.570. The molecule has 1 fully saturated rings. The van der Waals surface area contributed by atoms with Crippen molar-refractivity contribution >= 4 is 11.8 Å². The third kappa shape index (κ3) is 3.49. The summed E-state index contributed by atoms with van der Waals surface area (Å²) in [7, 11) is 0. The van der Waals surface area contributed by atoms with Crippen molar-refractivity contribution in [2.24, 2.45) is 11.1 Å². The number of hydrogen-bond acceptors (Lipinski definition) is 2. The van der Waals surface area contributed by atoms with Crippen LogP contribution in [0.3, 0.4) is 0 Å². The fourth-order valence-electron chi connectivity index (χ4n) is 2.53. The van der Waals surface area contributed by atoms with Crippen molar-refractivity contribution in [2.75, 3.05) is 0 Å². The van der Waals surface area contributed by atoms with E-state index in [-0.39, 0.29) is 0 Å². The first-order valence-corrected chi connectivity index (χ1v) is 7.33. The van der Waals surface area contributed by atoms with Gasteiger partial charge in [-0.15, -0.1) is 11.8 Å². The molecule has 1 aromatic carbocycles. The highest BCUT2D eigenvalue weighted by Gasteiger charge is 2.33. The van der Waals surface area contributed by atoms with Gasteiger partial charge in [-0.25, -0.2) is 0 Å². The van der Waals surface area contributed by atoms with Crippen LogP contribution in [0.5, 0.6) is 0 Å². The molecule has 0 bridgehead atoms. The molecule has 2 rings (SSSR count). The van der Waals surface area contributed by atoms with Crippen molar-refractivity contribution in [3.8, 4) is 0 Å². The Balaban J connectivity index is 2.06. The summed E-state index contributed by atoms with van der Waals surface area (Å²) < 4.78 is 0. The number of rotatable bonds is 2. The van der Waals surface area contributed by atoms with Crippen molar-refractivity contribution in [3.05, 3.63) is 29.8 Å². The van der Waals surface area contributed by atoms with E-state index in [2.05, 4.69) is 45.0 Å². The molecule has 94 valence electrons. The summed E-state index contributed by atoms with van der Waals surface area (Å²) in [5.41, 5.74) is 8.05. The second kappa shape index (κ2) is 5.03. The lowest BCUT2D eigenvalue weighted by Gasteiger charge is -2.38. The molecule has 1 aliphatic rings. The molecule has 0 heterocycles. The van der Waals surface area contributed by atoms with Gasteiger partial charge >= 0.3 is 0 Å². The summed E-state index contributed by atoms with van der Waals surface area (Å²) in [6.07, 6.45) is 3.66. The zero-order chi connectivity index (χ0) is 12.5. The Labute approximate surface area is 109 Å². The Morgan fingerprint density at radius 1 is 1.35 bits per heavy atom. The van der Waals surface area contributed by atoms with Gasteiger partial charge < -0.3 is 5.73 Å². The number of benzene rings is 1. The molecule has 0 spiro atoms. The molecule has 0 saturated heterocycles. The Bertz CT molecular complexity index is 386. The molecule has 1 aromatic rings. The first-order chi connectivity index (χ1) is 7.96. The van der Waals surface area contributed by atoms with E-state index >= 15 is 0 Å². The van der Waals surface area contributed by atoms with Crippen LogP contribution in [0.1, 0.15) is 38.7 Å². The van der Waals surface area contributed by atoms with Crippen LogP contribution < -0.4 is 5.73 Å². The van der Waals surface area contributed by atoms with Crippen LogP contribution in [-0.2, 0) is 0 Å². The largest absolute Gasteiger partial charge is 0.327 e. The molecular formula is C15H23NS. The predicted octanol–water partition coefficient (Wildman–Crippen LogP) is 3.99. The normalized spacial score (nSPS) is 28.0. The molecule has 17 heavy (non-hydrogen) atoms. The molecule has 2 atom stereocenters. The highest BCUT2D eigenvalue weighted by atomic mass is 32.2. The van der Waals surface area contributed by atoms with Gasteiger partial charge in [0.05, 0.1) is 0 Å². The minimum absolute atomic E-state index is 0.355. The Morgan fingerprint density at radius 2 is 2.12 bits per heavy atom. The maximum atomic E-state index is 6.27. The SMILES string of the molecule is Cc1cccc(SC2CC(C)(C)CCC2N)c1. The van der Waals surface area contributed by atoms with Crippen molar-refractivity contribution < 1.29 is 0 Å². The zero-order valence-electron chi connectivity index (χ0n) is 11.1. The second-order valence-corrected chi connectivity index (χ2v) is 7.36. The molecule has 1 aliphatic carbocycles. The van der Waals surface area contributed by atoms with Gasteiger partial charge in [-0.3, -0.25) is 0 Å². The number of nitrogens with two attached hydrogens (primary N) is 1. The highest BCUT2D eigenvalue weighted by molar-refractivity contribution is 8.00. The molecule has 2 unspecified atom stereocenters. The monoisotopic (exact) mass is 249 g/mol. The summed E-state index contributed by atoms with van der Waals surface area (Å²) in [5.74, 6) is 0. The van der Waals surface area contributed by atoms with Gasteiger partial charge in [-0.2, -0.15) is 0 Å². The number of hydrogen-bond donors (Lipinski definition) is 1. The van der Waals surface area contributed by atoms with E-state index in [0.29, 0.717) is 16.7 Å². The van der Waals surface area contributed by atoms with E-state index in [1.165, 1.54) is 23.3 Å². The Kier molecular flexibility index (Phi) is 3.84. The minimum atomic E-state index is 0.355. The fraction of sp³-hybridized carbons (Fsp3) is 0.600. The summed E-state index contributed by atoms with van der Waals surface area (Å²) >= 11 is 1.96. The number of thioether (sulfide) groups is 1. The van der Waals surface area contributed by atoms with Crippen molar-refractivity contribution in [2.45, 2.75) is 56.2 Å². The fourth-order valence-corrected chi connectivity index (χ4v) is 4.14. The molecule has 1 nitrogen and oxygen atoms in total. The maximum Gasteiger partial charge on any atom is 0.0251 e. The van der Waals surface area contributed by atoms with Gasteiger partial charge in [0.15, 0.2) is 0 Å². The van der Waals surface area contributed by atoms with Gasteiger partial charge in [0, 0.05) is 16.2 Å². The second-order valence-electron chi connectivity index (χ2n) is 6.04.